The quantitative estimate of drug-likeness (QED) is 0.821. The molecule has 5 heteroatoms. The van der Waals surface area contributed by atoms with E-state index in [0.29, 0.717) is 17.5 Å². The summed E-state index contributed by atoms with van der Waals surface area (Å²) >= 11 is 0. The van der Waals surface area contributed by atoms with Gasteiger partial charge in [0.2, 0.25) is 5.75 Å². The van der Waals surface area contributed by atoms with Crippen LogP contribution in [0.25, 0.3) is 0 Å². The first-order valence-corrected chi connectivity index (χ1v) is 5.91. The fourth-order valence-corrected chi connectivity index (χ4v) is 1.69. The summed E-state index contributed by atoms with van der Waals surface area (Å²) in [5, 5.41) is 3.01. The second kappa shape index (κ2) is 6.27. The second-order valence-electron chi connectivity index (χ2n) is 4.22. The Labute approximate surface area is 103 Å². The van der Waals surface area contributed by atoms with Crippen molar-refractivity contribution in [3.8, 4) is 5.75 Å². The van der Waals surface area contributed by atoms with Crippen molar-refractivity contribution in [3.05, 3.63) is 6.33 Å². The Bertz CT molecular complexity index is 356. The zero-order chi connectivity index (χ0) is 12.8. The minimum atomic E-state index is 0.623. The van der Waals surface area contributed by atoms with Crippen molar-refractivity contribution < 1.29 is 4.74 Å². The maximum absolute atomic E-state index is 5.37. The van der Waals surface area contributed by atoms with Crippen molar-refractivity contribution in [3.63, 3.8) is 0 Å². The van der Waals surface area contributed by atoms with E-state index in [-0.39, 0.29) is 0 Å². The van der Waals surface area contributed by atoms with E-state index in [1.54, 1.807) is 13.4 Å². The van der Waals surface area contributed by atoms with Crippen molar-refractivity contribution in [1.82, 2.24) is 9.97 Å². The minimum Gasteiger partial charge on any atom is -0.490 e. The van der Waals surface area contributed by atoms with Gasteiger partial charge in [-0.1, -0.05) is 20.3 Å². The van der Waals surface area contributed by atoms with Crippen LogP contribution in [0, 0.1) is 5.92 Å². The van der Waals surface area contributed by atoms with Crippen molar-refractivity contribution in [2.75, 3.05) is 38.0 Å². The molecule has 1 unspecified atom stereocenters. The van der Waals surface area contributed by atoms with Gasteiger partial charge in [0.25, 0.3) is 0 Å². The third-order valence-corrected chi connectivity index (χ3v) is 2.87. The number of rotatable bonds is 6. The van der Waals surface area contributed by atoms with Crippen LogP contribution in [0.1, 0.15) is 20.3 Å². The lowest BCUT2D eigenvalue weighted by Gasteiger charge is -2.23. The Balaban J connectivity index is 2.96. The number of nitrogens with zero attached hydrogens (tertiary/aromatic N) is 3. The molecule has 0 aliphatic carbocycles. The van der Waals surface area contributed by atoms with Gasteiger partial charge in [0.1, 0.15) is 6.33 Å². The summed E-state index contributed by atoms with van der Waals surface area (Å²) in [4.78, 5) is 10.5. The van der Waals surface area contributed by atoms with Gasteiger partial charge in [-0.25, -0.2) is 9.97 Å². The average Bonchev–Trinajstić information content (AvgIpc) is 2.37. The van der Waals surface area contributed by atoms with Crippen LogP contribution in [0.3, 0.4) is 0 Å². The molecule has 0 bridgehead atoms. The van der Waals surface area contributed by atoms with Crippen LogP contribution in [0.15, 0.2) is 6.33 Å². The number of methoxy groups -OCH3 is 1. The highest BCUT2D eigenvalue weighted by molar-refractivity contribution is 5.64. The van der Waals surface area contributed by atoms with Crippen molar-refractivity contribution in [2.24, 2.45) is 5.92 Å². The Kier molecular flexibility index (Phi) is 5.00. The molecule has 0 fully saturated rings. The number of hydrogen-bond acceptors (Lipinski definition) is 5. The molecule has 1 aromatic heterocycles. The molecule has 0 amide bonds. The standard InChI is InChI=1S/C12H22N4O/c1-6-9(2)7-16(4)12-10(17-5)11(13-3)14-8-15-12/h8-9H,6-7H2,1-5H3,(H,13,14,15). The monoisotopic (exact) mass is 238 g/mol. The molecule has 1 N–H and O–H groups in total. The third kappa shape index (κ3) is 3.22. The molecule has 1 atom stereocenters. The van der Waals surface area contributed by atoms with Crippen LogP contribution < -0.4 is 15.0 Å². The summed E-state index contributed by atoms with van der Waals surface area (Å²) < 4.78 is 5.37. The number of aromatic nitrogens is 2. The Morgan fingerprint density at radius 2 is 2.18 bits per heavy atom. The molecule has 17 heavy (non-hydrogen) atoms. The van der Waals surface area contributed by atoms with Crippen LogP contribution in [-0.4, -0.2) is 37.7 Å². The molecule has 5 nitrogen and oxygen atoms in total. The lowest BCUT2D eigenvalue weighted by atomic mass is 10.1. The Morgan fingerprint density at radius 3 is 2.71 bits per heavy atom. The largest absolute Gasteiger partial charge is 0.490 e. The zero-order valence-corrected chi connectivity index (χ0v) is 11.3. The smallest absolute Gasteiger partial charge is 0.204 e. The molecular weight excluding hydrogens is 216 g/mol. The maximum Gasteiger partial charge on any atom is 0.204 e. The highest BCUT2D eigenvalue weighted by Crippen LogP contribution is 2.31. The van der Waals surface area contributed by atoms with Crippen LogP contribution in [0.4, 0.5) is 11.6 Å². The summed E-state index contributed by atoms with van der Waals surface area (Å²) in [5.41, 5.74) is 0. The molecule has 0 aliphatic heterocycles. The minimum absolute atomic E-state index is 0.623. The molecule has 0 radical (unpaired) electrons. The normalized spacial score (nSPS) is 12.1. The van der Waals surface area contributed by atoms with Crippen molar-refractivity contribution in [2.45, 2.75) is 20.3 Å². The van der Waals surface area contributed by atoms with Gasteiger partial charge in [-0.05, 0) is 5.92 Å². The summed E-state index contributed by atoms with van der Waals surface area (Å²) in [5.74, 6) is 2.86. The van der Waals surface area contributed by atoms with E-state index in [2.05, 4.69) is 34.0 Å². The van der Waals surface area contributed by atoms with E-state index < -0.39 is 0 Å². The predicted molar refractivity (Wildman–Crippen MR) is 70.9 cm³/mol. The van der Waals surface area contributed by atoms with Crippen LogP contribution in [-0.2, 0) is 0 Å². The van der Waals surface area contributed by atoms with E-state index in [1.165, 1.54) is 0 Å². The summed E-state index contributed by atoms with van der Waals surface area (Å²) in [6.45, 7) is 5.37. The van der Waals surface area contributed by atoms with E-state index in [0.717, 1.165) is 18.8 Å². The van der Waals surface area contributed by atoms with Gasteiger partial charge >= 0.3 is 0 Å². The van der Waals surface area contributed by atoms with Crippen molar-refractivity contribution in [1.29, 1.82) is 0 Å². The zero-order valence-electron chi connectivity index (χ0n) is 11.3. The number of nitrogens with one attached hydrogen (secondary N) is 1. The van der Waals surface area contributed by atoms with E-state index >= 15 is 0 Å². The molecule has 0 spiro atoms. The lowest BCUT2D eigenvalue weighted by Crippen LogP contribution is -2.25. The number of anilines is 2. The summed E-state index contributed by atoms with van der Waals surface area (Å²) in [6.07, 6.45) is 2.70. The van der Waals surface area contributed by atoms with E-state index in [4.69, 9.17) is 4.74 Å². The van der Waals surface area contributed by atoms with E-state index in [9.17, 15) is 0 Å². The predicted octanol–water partition coefficient (Wildman–Crippen LogP) is 2.01. The third-order valence-electron chi connectivity index (χ3n) is 2.87. The first-order chi connectivity index (χ1) is 8.13. The lowest BCUT2D eigenvalue weighted by molar-refractivity contribution is 0.411. The highest BCUT2D eigenvalue weighted by atomic mass is 16.5. The molecule has 0 saturated carbocycles. The number of hydrogen-bond donors (Lipinski definition) is 1. The van der Waals surface area contributed by atoms with Gasteiger partial charge in [-0.3, -0.25) is 0 Å². The summed E-state index contributed by atoms with van der Waals surface area (Å²) in [6, 6.07) is 0. The van der Waals surface area contributed by atoms with Crippen LogP contribution in [0.5, 0.6) is 5.75 Å². The van der Waals surface area contributed by atoms with Gasteiger partial charge < -0.3 is 15.0 Å². The highest BCUT2D eigenvalue weighted by Gasteiger charge is 2.15. The number of ether oxygens (including phenoxy) is 1. The molecule has 0 aromatic carbocycles. The van der Waals surface area contributed by atoms with Gasteiger partial charge in [-0.2, -0.15) is 0 Å². The van der Waals surface area contributed by atoms with Crippen LogP contribution in [0.2, 0.25) is 0 Å². The molecule has 0 saturated heterocycles. The fourth-order valence-electron chi connectivity index (χ4n) is 1.69. The van der Waals surface area contributed by atoms with Crippen LogP contribution >= 0.6 is 0 Å². The van der Waals surface area contributed by atoms with Crippen molar-refractivity contribution >= 4 is 11.6 Å². The van der Waals surface area contributed by atoms with E-state index in [1.807, 2.05) is 14.1 Å². The van der Waals surface area contributed by atoms with Gasteiger partial charge in [0, 0.05) is 20.6 Å². The Hall–Kier alpha value is -1.52. The first-order valence-electron chi connectivity index (χ1n) is 5.91. The first kappa shape index (κ1) is 13.5. The fraction of sp³-hybridized carbons (Fsp3) is 0.667. The topological polar surface area (TPSA) is 50.3 Å². The molecule has 1 heterocycles. The second-order valence-corrected chi connectivity index (χ2v) is 4.22. The maximum atomic E-state index is 5.37. The van der Waals surface area contributed by atoms with Gasteiger partial charge in [-0.15, -0.1) is 0 Å². The van der Waals surface area contributed by atoms with Gasteiger partial charge in [0.15, 0.2) is 11.6 Å². The van der Waals surface area contributed by atoms with Gasteiger partial charge in [0.05, 0.1) is 7.11 Å². The SMILES string of the molecule is CCC(C)CN(C)c1ncnc(NC)c1OC. The average molecular weight is 238 g/mol. The molecule has 0 aliphatic rings. The Morgan fingerprint density at radius 1 is 1.47 bits per heavy atom. The molecule has 96 valence electrons. The molecular formula is C12H22N4O. The molecule has 1 aromatic rings. The molecule has 1 rings (SSSR count). The summed E-state index contributed by atoms with van der Waals surface area (Å²) in [7, 11) is 5.49.